The summed E-state index contributed by atoms with van der Waals surface area (Å²) in [6, 6.07) is 11.2. The Kier molecular flexibility index (Phi) is 5.99. The lowest BCUT2D eigenvalue weighted by atomic mass is 9.98. The topological polar surface area (TPSA) is 49.4 Å². The molecule has 0 unspecified atom stereocenters. The molecule has 2 aromatic rings. The first kappa shape index (κ1) is 19.3. The van der Waals surface area contributed by atoms with Crippen molar-refractivity contribution in [1.29, 1.82) is 0 Å². The Morgan fingerprint density at radius 1 is 1.23 bits per heavy atom. The summed E-state index contributed by atoms with van der Waals surface area (Å²) in [6.07, 6.45) is 2.29. The van der Waals surface area contributed by atoms with Crippen molar-refractivity contribution in [2.24, 2.45) is 0 Å². The normalized spacial score (nSPS) is 18.2. The van der Waals surface area contributed by atoms with E-state index in [1.807, 2.05) is 12.1 Å². The maximum atomic E-state index is 13.6. The molecule has 1 saturated heterocycles. The summed E-state index contributed by atoms with van der Waals surface area (Å²) < 4.78 is 41.2. The second-order valence-corrected chi connectivity index (χ2v) is 9.13. The van der Waals surface area contributed by atoms with Gasteiger partial charge in [0.1, 0.15) is 5.82 Å². The number of sulfonamides is 1. The van der Waals surface area contributed by atoms with E-state index >= 15 is 0 Å². The Hall–Kier alpha value is -1.44. The first-order valence-corrected chi connectivity index (χ1v) is 11.0. The zero-order chi connectivity index (χ0) is 18.7. The highest BCUT2D eigenvalue weighted by Crippen LogP contribution is 2.28. The fourth-order valence-corrected chi connectivity index (χ4v) is 4.62. The molecule has 0 saturated carbocycles. The highest BCUT2D eigenvalue weighted by molar-refractivity contribution is 9.10. The third kappa shape index (κ3) is 4.45. The zero-order valence-corrected chi connectivity index (χ0v) is 17.0. The minimum Gasteiger partial charge on any atom is -0.303 e. The molecule has 1 fully saturated rings. The Morgan fingerprint density at radius 2 is 1.96 bits per heavy atom. The third-order valence-corrected chi connectivity index (χ3v) is 6.67. The first-order valence-electron chi connectivity index (χ1n) is 8.69. The van der Waals surface area contributed by atoms with Crippen LogP contribution in [0.15, 0.2) is 51.8 Å². The molecule has 0 radical (unpaired) electrons. The fraction of sp³-hybridized carbons (Fsp3) is 0.368. The molecule has 0 spiro atoms. The van der Waals surface area contributed by atoms with Gasteiger partial charge in [0.2, 0.25) is 0 Å². The Bertz CT molecular complexity index is 872. The van der Waals surface area contributed by atoms with E-state index in [0.717, 1.165) is 38.5 Å². The number of rotatable bonds is 6. The first-order chi connectivity index (χ1) is 12.4. The minimum atomic E-state index is -3.82. The predicted octanol–water partition coefficient (Wildman–Crippen LogP) is 4.59. The molecule has 7 heteroatoms. The average molecular weight is 441 g/mol. The second kappa shape index (κ2) is 8.06. The van der Waals surface area contributed by atoms with E-state index in [9.17, 15) is 12.8 Å². The predicted molar refractivity (Wildman–Crippen MR) is 105 cm³/mol. The van der Waals surface area contributed by atoms with Gasteiger partial charge in [-0.25, -0.2) is 12.8 Å². The molecule has 0 aromatic heterocycles. The average Bonchev–Trinajstić information content (AvgIpc) is 3.06. The summed E-state index contributed by atoms with van der Waals surface area (Å²) in [5, 5.41) is 0. The lowest BCUT2D eigenvalue weighted by molar-refractivity contribution is 0.335. The minimum absolute atomic E-state index is 0.103. The molecule has 2 aromatic carbocycles. The van der Waals surface area contributed by atoms with Gasteiger partial charge < -0.3 is 4.90 Å². The molecular formula is C19H22BrFN2O2S. The molecule has 140 valence electrons. The number of hydrogen-bond donors (Lipinski definition) is 1. The van der Waals surface area contributed by atoms with E-state index in [1.165, 1.54) is 17.7 Å². The molecule has 1 aliphatic heterocycles. The maximum absolute atomic E-state index is 13.6. The van der Waals surface area contributed by atoms with Crippen molar-refractivity contribution < 1.29 is 12.8 Å². The van der Waals surface area contributed by atoms with Gasteiger partial charge in [-0.2, -0.15) is 0 Å². The second-order valence-electron chi connectivity index (χ2n) is 6.59. The number of halogens is 2. The lowest BCUT2D eigenvalue weighted by Gasteiger charge is -2.15. The molecule has 0 amide bonds. The van der Waals surface area contributed by atoms with Crippen molar-refractivity contribution in [2.45, 2.75) is 30.6 Å². The third-order valence-electron chi connectivity index (χ3n) is 4.65. The van der Waals surface area contributed by atoms with Gasteiger partial charge in [-0.1, -0.05) is 19.1 Å². The summed E-state index contributed by atoms with van der Waals surface area (Å²) in [7, 11) is -3.82. The lowest BCUT2D eigenvalue weighted by Crippen LogP contribution is -2.20. The van der Waals surface area contributed by atoms with Crippen LogP contribution in [0.4, 0.5) is 10.1 Å². The van der Waals surface area contributed by atoms with Crippen LogP contribution < -0.4 is 4.72 Å². The summed E-state index contributed by atoms with van der Waals surface area (Å²) in [6.45, 7) is 5.47. The molecule has 0 aliphatic carbocycles. The fourth-order valence-electron chi connectivity index (χ4n) is 3.31. The van der Waals surface area contributed by atoms with E-state index in [1.54, 1.807) is 12.1 Å². The molecule has 0 bridgehead atoms. The van der Waals surface area contributed by atoms with E-state index in [-0.39, 0.29) is 9.37 Å². The SMILES string of the molecule is CCCN1CC[C@@H](c2ccc(NS(=O)(=O)c3ccc(Br)c(F)c3)cc2)C1. The highest BCUT2D eigenvalue weighted by Gasteiger charge is 2.23. The van der Waals surface area contributed by atoms with Crippen LogP contribution in [-0.2, 0) is 10.0 Å². The molecule has 1 atom stereocenters. The van der Waals surface area contributed by atoms with Crippen LogP contribution in [0.3, 0.4) is 0 Å². The molecular weight excluding hydrogens is 419 g/mol. The number of likely N-dealkylation sites (tertiary alicyclic amines) is 1. The van der Waals surface area contributed by atoms with E-state index in [0.29, 0.717) is 11.6 Å². The van der Waals surface area contributed by atoms with E-state index in [2.05, 4.69) is 32.5 Å². The van der Waals surface area contributed by atoms with Crippen molar-refractivity contribution in [1.82, 2.24) is 4.90 Å². The van der Waals surface area contributed by atoms with Crippen molar-refractivity contribution in [3.8, 4) is 0 Å². The molecule has 1 aliphatic rings. The van der Waals surface area contributed by atoms with Crippen LogP contribution in [0.25, 0.3) is 0 Å². The molecule has 26 heavy (non-hydrogen) atoms. The number of anilines is 1. The molecule has 4 nitrogen and oxygen atoms in total. The zero-order valence-electron chi connectivity index (χ0n) is 14.6. The monoisotopic (exact) mass is 440 g/mol. The summed E-state index contributed by atoms with van der Waals surface area (Å²) in [5.41, 5.74) is 1.70. The standard InChI is InChI=1S/C19H22BrFN2O2S/c1-2-10-23-11-9-15(13-23)14-3-5-16(6-4-14)22-26(24,25)17-7-8-18(20)19(21)12-17/h3-8,12,15,22H,2,9-11,13H2,1H3/t15-/m1/s1. The van der Waals surface area contributed by atoms with Crippen LogP contribution in [0.1, 0.15) is 31.2 Å². The smallest absolute Gasteiger partial charge is 0.261 e. The summed E-state index contributed by atoms with van der Waals surface area (Å²) in [5.74, 6) is -0.117. The van der Waals surface area contributed by atoms with Crippen LogP contribution in [0.5, 0.6) is 0 Å². The highest BCUT2D eigenvalue weighted by atomic mass is 79.9. The molecule has 1 N–H and O–H groups in total. The van der Waals surface area contributed by atoms with Gasteiger partial charge in [-0.05, 0) is 83.7 Å². The Balaban J connectivity index is 1.70. The maximum Gasteiger partial charge on any atom is 0.261 e. The van der Waals surface area contributed by atoms with Crippen molar-refractivity contribution in [3.05, 3.63) is 58.3 Å². The van der Waals surface area contributed by atoms with Crippen molar-refractivity contribution >= 4 is 31.6 Å². The Morgan fingerprint density at radius 3 is 2.62 bits per heavy atom. The molecule has 3 rings (SSSR count). The number of benzene rings is 2. The van der Waals surface area contributed by atoms with Crippen LogP contribution in [-0.4, -0.2) is 33.0 Å². The van der Waals surface area contributed by atoms with Gasteiger partial charge in [0, 0.05) is 12.2 Å². The van der Waals surface area contributed by atoms with Gasteiger partial charge in [0.15, 0.2) is 0 Å². The van der Waals surface area contributed by atoms with Crippen molar-refractivity contribution in [2.75, 3.05) is 24.4 Å². The number of nitrogens with zero attached hydrogens (tertiary/aromatic N) is 1. The van der Waals surface area contributed by atoms with E-state index in [4.69, 9.17) is 0 Å². The quantitative estimate of drug-likeness (QED) is 0.714. The summed E-state index contributed by atoms with van der Waals surface area (Å²) >= 11 is 3.02. The van der Waals surface area contributed by atoms with Crippen LogP contribution in [0, 0.1) is 5.82 Å². The summed E-state index contributed by atoms with van der Waals surface area (Å²) in [4.78, 5) is 2.36. The number of nitrogens with one attached hydrogen (secondary N) is 1. The van der Waals surface area contributed by atoms with E-state index < -0.39 is 15.8 Å². The van der Waals surface area contributed by atoms with Gasteiger partial charge in [-0.15, -0.1) is 0 Å². The van der Waals surface area contributed by atoms with Crippen LogP contribution >= 0.6 is 15.9 Å². The largest absolute Gasteiger partial charge is 0.303 e. The molecule has 1 heterocycles. The number of hydrogen-bond acceptors (Lipinski definition) is 3. The van der Waals surface area contributed by atoms with Gasteiger partial charge in [-0.3, -0.25) is 4.72 Å². The van der Waals surface area contributed by atoms with Gasteiger partial charge >= 0.3 is 0 Å². The van der Waals surface area contributed by atoms with Crippen molar-refractivity contribution in [3.63, 3.8) is 0 Å². The Labute approximate surface area is 162 Å². The van der Waals surface area contributed by atoms with Crippen LogP contribution in [0.2, 0.25) is 0 Å². The van der Waals surface area contributed by atoms with Gasteiger partial charge in [0.25, 0.3) is 10.0 Å². The van der Waals surface area contributed by atoms with Gasteiger partial charge in [0.05, 0.1) is 9.37 Å².